The SMILES string of the molecule is COC(=O)c1cc(C)nc(N[C@H](CC(C)C)C(=O)O)c1[N+](=O)[O-]. The van der Waals surface area contributed by atoms with Gasteiger partial charge in [0, 0.05) is 5.69 Å². The minimum Gasteiger partial charge on any atom is -0.480 e. The highest BCUT2D eigenvalue weighted by atomic mass is 16.6. The minimum atomic E-state index is -1.16. The fourth-order valence-corrected chi connectivity index (χ4v) is 2.08. The standard InChI is InChI=1S/C14H19N3O6/c1-7(2)5-10(13(18)19)16-12-11(17(21)22)9(14(20)23-4)6-8(3)15-12/h6-7,10H,5H2,1-4H3,(H,15,16)(H,18,19)/t10-/m1/s1. The molecule has 9 nitrogen and oxygen atoms in total. The summed E-state index contributed by atoms with van der Waals surface area (Å²) in [4.78, 5) is 37.6. The number of esters is 1. The van der Waals surface area contributed by atoms with Crippen LogP contribution in [0, 0.1) is 23.0 Å². The number of anilines is 1. The highest BCUT2D eigenvalue weighted by Crippen LogP contribution is 2.29. The van der Waals surface area contributed by atoms with Crippen LogP contribution in [0.2, 0.25) is 0 Å². The van der Waals surface area contributed by atoms with E-state index in [0.29, 0.717) is 5.69 Å². The van der Waals surface area contributed by atoms with E-state index in [1.165, 1.54) is 6.07 Å². The first-order valence-corrected chi connectivity index (χ1v) is 6.91. The molecule has 0 spiro atoms. The normalized spacial score (nSPS) is 11.9. The quantitative estimate of drug-likeness (QED) is 0.442. The number of nitro groups is 1. The van der Waals surface area contributed by atoms with Gasteiger partial charge in [-0.25, -0.2) is 14.6 Å². The molecule has 0 amide bonds. The van der Waals surface area contributed by atoms with Crippen molar-refractivity contribution in [3.8, 4) is 0 Å². The summed E-state index contributed by atoms with van der Waals surface area (Å²) in [6, 6.07) is 0.168. The van der Waals surface area contributed by atoms with E-state index in [4.69, 9.17) is 0 Å². The summed E-state index contributed by atoms with van der Waals surface area (Å²) < 4.78 is 4.54. The number of nitrogens with one attached hydrogen (secondary N) is 1. The van der Waals surface area contributed by atoms with E-state index in [1.54, 1.807) is 6.92 Å². The van der Waals surface area contributed by atoms with Crippen molar-refractivity contribution in [2.24, 2.45) is 5.92 Å². The van der Waals surface area contributed by atoms with Crippen molar-refractivity contribution in [3.05, 3.63) is 27.4 Å². The summed E-state index contributed by atoms with van der Waals surface area (Å²) in [5.74, 6) is -2.26. The van der Waals surface area contributed by atoms with E-state index in [2.05, 4.69) is 15.0 Å². The lowest BCUT2D eigenvalue weighted by Crippen LogP contribution is -2.31. The average Bonchev–Trinajstić information content (AvgIpc) is 2.43. The molecule has 2 N–H and O–H groups in total. The molecule has 0 aliphatic rings. The number of nitrogens with zero attached hydrogens (tertiary/aromatic N) is 2. The second-order valence-corrected chi connectivity index (χ2v) is 5.42. The summed E-state index contributed by atoms with van der Waals surface area (Å²) in [6.07, 6.45) is 0.246. The fraction of sp³-hybridized carbons (Fsp3) is 0.500. The van der Waals surface area contributed by atoms with Crippen LogP contribution in [0.5, 0.6) is 0 Å². The molecule has 1 atom stereocenters. The Morgan fingerprint density at radius 1 is 1.48 bits per heavy atom. The Hall–Kier alpha value is -2.71. The van der Waals surface area contributed by atoms with E-state index in [0.717, 1.165) is 7.11 Å². The van der Waals surface area contributed by atoms with Crippen molar-refractivity contribution in [2.45, 2.75) is 33.2 Å². The maximum Gasteiger partial charge on any atom is 0.345 e. The Labute approximate surface area is 132 Å². The van der Waals surface area contributed by atoms with Gasteiger partial charge in [0.1, 0.15) is 11.6 Å². The van der Waals surface area contributed by atoms with Gasteiger partial charge in [0.05, 0.1) is 12.0 Å². The third-order valence-electron chi connectivity index (χ3n) is 3.02. The van der Waals surface area contributed by atoms with Crippen LogP contribution in [-0.2, 0) is 9.53 Å². The number of methoxy groups -OCH3 is 1. The highest BCUT2D eigenvalue weighted by Gasteiger charge is 2.30. The van der Waals surface area contributed by atoms with Crippen LogP contribution >= 0.6 is 0 Å². The van der Waals surface area contributed by atoms with Crippen molar-refractivity contribution in [3.63, 3.8) is 0 Å². The van der Waals surface area contributed by atoms with Crippen LogP contribution in [0.25, 0.3) is 0 Å². The van der Waals surface area contributed by atoms with Gasteiger partial charge in [-0.05, 0) is 25.3 Å². The van der Waals surface area contributed by atoms with Crippen LogP contribution < -0.4 is 5.32 Å². The predicted molar refractivity (Wildman–Crippen MR) is 81.5 cm³/mol. The molecule has 0 unspecified atom stereocenters. The topological polar surface area (TPSA) is 132 Å². The number of aryl methyl sites for hydroxylation is 1. The summed E-state index contributed by atoms with van der Waals surface area (Å²) in [7, 11) is 1.10. The number of carbonyl (C=O) groups excluding carboxylic acids is 1. The number of hydrogen-bond donors (Lipinski definition) is 2. The number of rotatable bonds is 7. The fourth-order valence-electron chi connectivity index (χ4n) is 2.08. The van der Waals surface area contributed by atoms with Gasteiger partial charge in [-0.15, -0.1) is 0 Å². The molecule has 1 aromatic rings. The molecule has 0 aromatic carbocycles. The zero-order valence-corrected chi connectivity index (χ0v) is 13.3. The second-order valence-electron chi connectivity index (χ2n) is 5.42. The minimum absolute atomic E-state index is 0.0487. The first-order chi connectivity index (χ1) is 10.7. The van der Waals surface area contributed by atoms with E-state index >= 15 is 0 Å². The largest absolute Gasteiger partial charge is 0.480 e. The maximum atomic E-state index is 11.7. The lowest BCUT2D eigenvalue weighted by Gasteiger charge is -2.17. The molecule has 9 heteroatoms. The maximum absolute atomic E-state index is 11.7. The third-order valence-corrected chi connectivity index (χ3v) is 3.02. The molecule has 1 rings (SSSR count). The van der Waals surface area contributed by atoms with Crippen molar-refractivity contribution < 1.29 is 24.4 Å². The Balaban J connectivity index is 3.39. The second kappa shape index (κ2) is 7.52. The van der Waals surface area contributed by atoms with Gasteiger partial charge in [-0.1, -0.05) is 13.8 Å². The van der Waals surface area contributed by atoms with Crippen LogP contribution in [0.4, 0.5) is 11.5 Å². The van der Waals surface area contributed by atoms with Gasteiger partial charge >= 0.3 is 17.6 Å². The summed E-state index contributed by atoms with van der Waals surface area (Å²) in [5, 5.41) is 23.1. The zero-order valence-electron chi connectivity index (χ0n) is 13.3. The zero-order chi connectivity index (χ0) is 17.7. The van der Waals surface area contributed by atoms with Gasteiger partial charge in [0.25, 0.3) is 0 Å². The number of pyridine rings is 1. The number of ether oxygens (including phenoxy) is 1. The molecule has 1 heterocycles. The number of carboxylic acid groups (broad SMARTS) is 1. The van der Waals surface area contributed by atoms with Crippen molar-refractivity contribution >= 4 is 23.4 Å². The predicted octanol–water partition coefficient (Wildman–Crippen LogP) is 2.00. The highest BCUT2D eigenvalue weighted by molar-refractivity contribution is 5.96. The lowest BCUT2D eigenvalue weighted by atomic mass is 10.0. The van der Waals surface area contributed by atoms with E-state index in [-0.39, 0.29) is 23.7 Å². The van der Waals surface area contributed by atoms with Gasteiger partial charge in [0.2, 0.25) is 5.82 Å². The van der Waals surface area contributed by atoms with Gasteiger partial charge in [-0.2, -0.15) is 0 Å². The number of carbonyl (C=O) groups is 2. The molecule has 126 valence electrons. The van der Waals surface area contributed by atoms with E-state index < -0.39 is 28.6 Å². The summed E-state index contributed by atoms with van der Waals surface area (Å²) in [5.41, 5.74) is -0.550. The van der Waals surface area contributed by atoms with E-state index in [9.17, 15) is 24.8 Å². The number of carboxylic acids is 1. The number of hydrogen-bond acceptors (Lipinski definition) is 7. The smallest absolute Gasteiger partial charge is 0.345 e. The number of aromatic nitrogens is 1. The molecule has 0 aliphatic carbocycles. The third kappa shape index (κ3) is 4.63. The van der Waals surface area contributed by atoms with Gasteiger partial charge < -0.3 is 15.2 Å². The Morgan fingerprint density at radius 2 is 2.09 bits per heavy atom. The van der Waals surface area contributed by atoms with Crippen molar-refractivity contribution in [1.82, 2.24) is 4.98 Å². The van der Waals surface area contributed by atoms with Crippen LogP contribution in [-0.4, -0.2) is 40.1 Å². The molecule has 0 fully saturated rings. The molecule has 1 aromatic heterocycles. The molecule has 0 aliphatic heterocycles. The van der Waals surface area contributed by atoms with Crippen molar-refractivity contribution in [2.75, 3.05) is 12.4 Å². The monoisotopic (exact) mass is 325 g/mol. The Bertz CT molecular complexity index is 629. The average molecular weight is 325 g/mol. The van der Waals surface area contributed by atoms with Gasteiger partial charge in [0.15, 0.2) is 0 Å². The van der Waals surface area contributed by atoms with E-state index in [1.807, 2.05) is 13.8 Å². The lowest BCUT2D eigenvalue weighted by molar-refractivity contribution is -0.384. The molecule has 23 heavy (non-hydrogen) atoms. The van der Waals surface area contributed by atoms with Crippen LogP contribution in [0.1, 0.15) is 36.3 Å². The molecule has 0 saturated heterocycles. The Morgan fingerprint density at radius 3 is 2.52 bits per heavy atom. The molecular formula is C14H19N3O6. The van der Waals surface area contributed by atoms with Gasteiger partial charge in [-0.3, -0.25) is 10.1 Å². The van der Waals surface area contributed by atoms with Crippen molar-refractivity contribution in [1.29, 1.82) is 0 Å². The Kier molecular flexibility index (Phi) is 6.00. The van der Waals surface area contributed by atoms with Crippen LogP contribution in [0.15, 0.2) is 6.07 Å². The molecule has 0 radical (unpaired) electrons. The first-order valence-electron chi connectivity index (χ1n) is 6.91. The molecule has 0 saturated carbocycles. The summed E-state index contributed by atoms with van der Waals surface area (Å²) >= 11 is 0. The number of aliphatic carboxylic acids is 1. The van der Waals surface area contributed by atoms with Crippen LogP contribution in [0.3, 0.4) is 0 Å². The first kappa shape index (κ1) is 18.3. The molecular weight excluding hydrogens is 306 g/mol. The molecule has 0 bridgehead atoms. The summed E-state index contributed by atoms with van der Waals surface area (Å²) in [6.45, 7) is 5.20.